The number of hydrogen-bond donors (Lipinski definition) is 0. The van der Waals surface area contributed by atoms with Gasteiger partial charge >= 0.3 is 0 Å². The largest absolute Gasteiger partial charge is 0.379 e. The lowest BCUT2D eigenvalue weighted by molar-refractivity contribution is 0.0752. The van der Waals surface area contributed by atoms with Crippen molar-refractivity contribution in [3.8, 4) is 0 Å². The quantitative estimate of drug-likeness (QED) is 0.794. The molecule has 0 bridgehead atoms. The van der Waals surface area contributed by atoms with Gasteiger partial charge in [-0.3, -0.25) is 0 Å². The van der Waals surface area contributed by atoms with E-state index in [2.05, 4.69) is 0 Å². The summed E-state index contributed by atoms with van der Waals surface area (Å²) >= 11 is 5.77. The molecule has 1 saturated heterocycles. The van der Waals surface area contributed by atoms with Gasteiger partial charge in [0.15, 0.2) is 0 Å². The van der Waals surface area contributed by atoms with Crippen LogP contribution in [0.5, 0.6) is 0 Å². The highest BCUT2D eigenvalue weighted by Gasteiger charge is 2.17. The lowest BCUT2D eigenvalue weighted by atomic mass is 10.4. The summed E-state index contributed by atoms with van der Waals surface area (Å²) in [6.45, 7) is 2.74. The van der Waals surface area contributed by atoms with E-state index in [1.54, 1.807) is 24.3 Å². The van der Waals surface area contributed by atoms with Gasteiger partial charge in [-0.15, -0.1) is 0 Å². The molecular formula is C10H12ClNO2S. The van der Waals surface area contributed by atoms with Crippen LogP contribution in [0.3, 0.4) is 0 Å². The molecule has 0 saturated carbocycles. The summed E-state index contributed by atoms with van der Waals surface area (Å²) in [5.74, 6) is 0. The van der Waals surface area contributed by atoms with Crippen molar-refractivity contribution in [1.29, 1.82) is 0 Å². The maximum Gasteiger partial charge on any atom is 0.127 e. The fourth-order valence-electron chi connectivity index (χ4n) is 1.41. The van der Waals surface area contributed by atoms with Gasteiger partial charge in [0.05, 0.1) is 18.1 Å². The first-order valence-electron chi connectivity index (χ1n) is 4.77. The van der Waals surface area contributed by atoms with Crippen molar-refractivity contribution in [1.82, 2.24) is 4.31 Å². The van der Waals surface area contributed by atoms with Gasteiger partial charge in [0.1, 0.15) is 11.0 Å². The Morgan fingerprint density at radius 3 is 2.40 bits per heavy atom. The molecular weight excluding hydrogens is 234 g/mol. The van der Waals surface area contributed by atoms with Crippen molar-refractivity contribution < 1.29 is 8.95 Å². The first-order valence-corrected chi connectivity index (χ1v) is 6.26. The van der Waals surface area contributed by atoms with Crippen molar-refractivity contribution in [3.05, 3.63) is 29.3 Å². The van der Waals surface area contributed by atoms with Gasteiger partial charge in [0, 0.05) is 18.1 Å². The standard InChI is InChI=1S/C10H12ClNO2S/c11-9-1-3-10(4-2-9)15(13)12-5-7-14-8-6-12/h1-4H,5-8H2/i13+0. The third kappa shape index (κ3) is 2.78. The average molecular weight is 246 g/mol. The second kappa shape index (κ2) is 5.07. The normalized spacial score (nSPS) is 20.1. The molecule has 0 radical (unpaired) electrons. The van der Waals surface area contributed by atoms with E-state index in [9.17, 15) is 4.21 Å². The Hall–Kier alpha value is -0.420. The molecule has 0 spiro atoms. The predicted molar refractivity (Wildman–Crippen MR) is 60.3 cm³/mol. The van der Waals surface area contributed by atoms with E-state index < -0.39 is 11.0 Å². The van der Waals surface area contributed by atoms with Crippen molar-refractivity contribution >= 4 is 22.6 Å². The van der Waals surface area contributed by atoms with Gasteiger partial charge in [-0.2, -0.15) is 0 Å². The van der Waals surface area contributed by atoms with Crippen LogP contribution >= 0.6 is 11.6 Å². The first kappa shape index (κ1) is 11.1. The molecule has 0 amide bonds. The summed E-state index contributed by atoms with van der Waals surface area (Å²) in [6, 6.07) is 7.12. The fraction of sp³-hybridized carbons (Fsp3) is 0.400. The van der Waals surface area contributed by atoms with Gasteiger partial charge in [-0.25, -0.2) is 8.51 Å². The number of rotatable bonds is 2. The summed E-state index contributed by atoms with van der Waals surface area (Å²) in [7, 11) is -1.08. The molecule has 5 heteroatoms. The van der Waals surface area contributed by atoms with Crippen LogP contribution in [0.25, 0.3) is 0 Å². The van der Waals surface area contributed by atoms with Crippen LogP contribution in [0.2, 0.25) is 5.02 Å². The third-order valence-corrected chi connectivity index (χ3v) is 3.98. The molecule has 1 unspecified atom stereocenters. The van der Waals surface area contributed by atoms with Crippen molar-refractivity contribution in [2.24, 2.45) is 0 Å². The molecule has 1 aromatic carbocycles. The third-order valence-electron chi connectivity index (χ3n) is 2.22. The minimum Gasteiger partial charge on any atom is -0.379 e. The van der Waals surface area contributed by atoms with Gasteiger partial charge in [0.2, 0.25) is 0 Å². The fourth-order valence-corrected chi connectivity index (χ4v) is 2.69. The van der Waals surface area contributed by atoms with Crippen LogP contribution in [-0.4, -0.2) is 34.8 Å². The van der Waals surface area contributed by atoms with E-state index in [1.165, 1.54) is 0 Å². The average Bonchev–Trinajstić information content (AvgIpc) is 2.30. The van der Waals surface area contributed by atoms with Crippen LogP contribution in [0, 0.1) is 0 Å². The number of halogens is 1. The Morgan fingerprint density at radius 1 is 1.20 bits per heavy atom. The molecule has 15 heavy (non-hydrogen) atoms. The highest BCUT2D eigenvalue weighted by molar-refractivity contribution is 7.82. The SMILES string of the molecule is [16O]=S(c1ccc(Cl)cc1)N1CCOCC1. The Morgan fingerprint density at radius 2 is 1.80 bits per heavy atom. The Kier molecular flexibility index (Phi) is 3.75. The minimum absolute atomic E-state index is 0.652. The van der Waals surface area contributed by atoms with Gasteiger partial charge in [-0.05, 0) is 24.3 Å². The van der Waals surface area contributed by atoms with Crippen molar-refractivity contribution in [3.63, 3.8) is 0 Å². The van der Waals surface area contributed by atoms with E-state index in [1.807, 2.05) is 4.31 Å². The topological polar surface area (TPSA) is 29.5 Å². The second-order valence-electron chi connectivity index (χ2n) is 3.24. The van der Waals surface area contributed by atoms with Crippen molar-refractivity contribution in [2.45, 2.75) is 4.90 Å². The second-order valence-corrected chi connectivity index (χ2v) is 5.17. The van der Waals surface area contributed by atoms with E-state index in [0.717, 1.165) is 18.0 Å². The molecule has 1 heterocycles. The first-order chi connectivity index (χ1) is 7.27. The van der Waals surface area contributed by atoms with Gasteiger partial charge < -0.3 is 4.74 Å². The summed E-state index contributed by atoms with van der Waals surface area (Å²) < 4.78 is 19.2. The maximum absolute atomic E-state index is 12.0. The Labute approximate surface area is 96.6 Å². The smallest absolute Gasteiger partial charge is 0.127 e. The molecule has 1 aliphatic heterocycles. The molecule has 0 N–H and O–H groups in total. The highest BCUT2D eigenvalue weighted by Crippen LogP contribution is 2.15. The Bertz CT molecular complexity index is 349. The molecule has 0 aliphatic carbocycles. The van der Waals surface area contributed by atoms with Crippen LogP contribution < -0.4 is 0 Å². The monoisotopic (exact) mass is 245 g/mol. The van der Waals surface area contributed by atoms with Crippen LogP contribution in [-0.2, 0) is 15.7 Å². The van der Waals surface area contributed by atoms with Crippen molar-refractivity contribution in [2.75, 3.05) is 26.3 Å². The zero-order valence-corrected chi connectivity index (χ0v) is 9.76. The molecule has 1 fully saturated rings. The molecule has 82 valence electrons. The summed E-state index contributed by atoms with van der Waals surface area (Å²) in [5, 5.41) is 0.665. The van der Waals surface area contributed by atoms with E-state index >= 15 is 0 Å². The minimum atomic E-state index is -1.08. The van der Waals surface area contributed by atoms with Crippen LogP contribution in [0.1, 0.15) is 0 Å². The lowest BCUT2D eigenvalue weighted by Crippen LogP contribution is -2.37. The summed E-state index contributed by atoms with van der Waals surface area (Å²) in [5.41, 5.74) is 0. The number of morpholine rings is 1. The Balaban J connectivity index is 2.09. The number of ether oxygens (including phenoxy) is 1. The van der Waals surface area contributed by atoms with E-state index in [-0.39, 0.29) is 0 Å². The number of hydrogen-bond acceptors (Lipinski definition) is 2. The molecule has 1 atom stereocenters. The molecule has 3 nitrogen and oxygen atoms in total. The lowest BCUT2D eigenvalue weighted by Gasteiger charge is -2.25. The zero-order chi connectivity index (χ0) is 10.7. The number of nitrogens with zero attached hydrogens (tertiary/aromatic N) is 1. The van der Waals surface area contributed by atoms with E-state index in [4.69, 9.17) is 16.3 Å². The maximum atomic E-state index is 12.0. The predicted octanol–water partition coefficient (Wildman–Crippen LogP) is 1.69. The molecule has 0 aromatic heterocycles. The number of benzene rings is 1. The highest BCUT2D eigenvalue weighted by atomic mass is 35.5. The summed E-state index contributed by atoms with van der Waals surface area (Å²) in [6.07, 6.45) is 0. The van der Waals surface area contributed by atoms with Gasteiger partial charge in [0.25, 0.3) is 0 Å². The zero-order valence-electron chi connectivity index (χ0n) is 8.19. The van der Waals surface area contributed by atoms with Gasteiger partial charge in [-0.1, -0.05) is 11.6 Å². The molecule has 1 aliphatic rings. The summed E-state index contributed by atoms with van der Waals surface area (Å²) in [4.78, 5) is 0.793. The van der Waals surface area contributed by atoms with Crippen LogP contribution in [0.4, 0.5) is 0 Å². The van der Waals surface area contributed by atoms with E-state index in [0.29, 0.717) is 18.2 Å². The molecule has 2 rings (SSSR count). The van der Waals surface area contributed by atoms with Crippen LogP contribution in [0.15, 0.2) is 29.2 Å². The molecule has 1 aromatic rings.